The number of carbonyl (C=O) groups is 1. The van der Waals surface area contributed by atoms with Crippen molar-refractivity contribution in [3.05, 3.63) is 59.7 Å². The van der Waals surface area contributed by atoms with Crippen LogP contribution in [0.2, 0.25) is 0 Å². The molecule has 0 aliphatic rings. The second-order valence-corrected chi connectivity index (χ2v) is 4.80. The van der Waals surface area contributed by atoms with E-state index in [1.165, 1.54) is 12.1 Å². The molecule has 0 saturated heterocycles. The zero-order valence-electron chi connectivity index (χ0n) is 11.9. The Hall–Kier alpha value is -2.50. The van der Waals surface area contributed by atoms with Gasteiger partial charge in [-0.1, -0.05) is 24.3 Å². The summed E-state index contributed by atoms with van der Waals surface area (Å²) in [5, 5.41) is 5.39. The third-order valence-electron chi connectivity index (χ3n) is 3.06. The SMILES string of the molecule is Cc1ccccc1NCC(=O)Nc1cccc(C(F)(F)F)c1. The highest BCUT2D eigenvalue weighted by Gasteiger charge is 2.30. The minimum absolute atomic E-state index is 0.0267. The van der Waals surface area contributed by atoms with Gasteiger partial charge in [-0.05, 0) is 36.8 Å². The molecule has 0 unspecified atom stereocenters. The summed E-state index contributed by atoms with van der Waals surface area (Å²) in [5.74, 6) is -0.414. The highest BCUT2D eigenvalue weighted by molar-refractivity contribution is 5.93. The first-order chi connectivity index (χ1) is 10.4. The number of para-hydroxylation sites is 1. The van der Waals surface area contributed by atoms with Crippen LogP contribution in [0.15, 0.2) is 48.5 Å². The van der Waals surface area contributed by atoms with Crippen molar-refractivity contribution in [1.82, 2.24) is 0 Å². The van der Waals surface area contributed by atoms with Crippen LogP contribution in [-0.2, 0) is 11.0 Å². The maximum absolute atomic E-state index is 12.6. The molecular formula is C16H15F3N2O. The molecule has 0 aliphatic heterocycles. The average Bonchev–Trinajstić information content (AvgIpc) is 2.46. The van der Waals surface area contributed by atoms with E-state index < -0.39 is 17.6 Å². The zero-order chi connectivity index (χ0) is 16.2. The fourth-order valence-electron chi connectivity index (χ4n) is 1.93. The van der Waals surface area contributed by atoms with Gasteiger partial charge in [0.1, 0.15) is 0 Å². The number of benzene rings is 2. The first kappa shape index (κ1) is 15.9. The van der Waals surface area contributed by atoms with Crippen molar-refractivity contribution in [2.45, 2.75) is 13.1 Å². The third-order valence-corrected chi connectivity index (χ3v) is 3.06. The summed E-state index contributed by atoms with van der Waals surface area (Å²) >= 11 is 0. The molecule has 6 heteroatoms. The Morgan fingerprint density at radius 1 is 1.09 bits per heavy atom. The minimum atomic E-state index is -4.43. The lowest BCUT2D eigenvalue weighted by molar-refractivity contribution is -0.137. The van der Waals surface area contributed by atoms with Gasteiger partial charge >= 0.3 is 6.18 Å². The number of amides is 1. The second kappa shape index (κ2) is 6.51. The van der Waals surface area contributed by atoms with E-state index >= 15 is 0 Å². The standard InChI is InChI=1S/C16H15F3N2O/c1-11-5-2-3-8-14(11)20-10-15(22)21-13-7-4-6-12(9-13)16(17,18)19/h2-9,20H,10H2,1H3,(H,21,22). The summed E-state index contributed by atoms with van der Waals surface area (Å²) in [6.45, 7) is 1.87. The smallest absolute Gasteiger partial charge is 0.376 e. The summed E-state index contributed by atoms with van der Waals surface area (Å²) in [5.41, 5.74) is 1.11. The highest BCUT2D eigenvalue weighted by atomic mass is 19.4. The van der Waals surface area contributed by atoms with E-state index in [1.807, 2.05) is 31.2 Å². The summed E-state index contributed by atoms with van der Waals surface area (Å²) in [4.78, 5) is 11.8. The molecule has 0 heterocycles. The monoisotopic (exact) mass is 308 g/mol. The summed E-state index contributed by atoms with van der Waals surface area (Å²) in [7, 11) is 0. The first-order valence-electron chi connectivity index (χ1n) is 6.63. The Morgan fingerprint density at radius 3 is 2.50 bits per heavy atom. The molecule has 2 aromatic rings. The van der Waals surface area contributed by atoms with Crippen LogP contribution in [0.25, 0.3) is 0 Å². The average molecular weight is 308 g/mol. The summed E-state index contributed by atoms with van der Waals surface area (Å²) in [6, 6.07) is 12.0. The number of hydrogen-bond acceptors (Lipinski definition) is 2. The van der Waals surface area contributed by atoms with Crippen LogP contribution in [0.4, 0.5) is 24.5 Å². The number of alkyl halides is 3. The fraction of sp³-hybridized carbons (Fsp3) is 0.188. The van der Waals surface area contributed by atoms with Crippen LogP contribution in [0.3, 0.4) is 0 Å². The van der Waals surface area contributed by atoms with E-state index in [0.29, 0.717) is 0 Å². The molecule has 0 atom stereocenters. The lowest BCUT2D eigenvalue weighted by atomic mass is 10.2. The molecule has 2 aromatic carbocycles. The maximum atomic E-state index is 12.6. The first-order valence-corrected chi connectivity index (χ1v) is 6.63. The van der Waals surface area contributed by atoms with Gasteiger partial charge in [-0.3, -0.25) is 4.79 Å². The van der Waals surface area contributed by atoms with Gasteiger partial charge in [0.2, 0.25) is 5.91 Å². The van der Waals surface area contributed by atoms with Crippen LogP contribution < -0.4 is 10.6 Å². The van der Waals surface area contributed by atoms with E-state index in [4.69, 9.17) is 0 Å². The molecule has 0 aliphatic carbocycles. The van der Waals surface area contributed by atoms with Crippen molar-refractivity contribution in [3.63, 3.8) is 0 Å². The highest BCUT2D eigenvalue weighted by Crippen LogP contribution is 2.30. The Morgan fingerprint density at radius 2 is 1.82 bits per heavy atom. The number of nitrogens with one attached hydrogen (secondary N) is 2. The molecule has 0 bridgehead atoms. The normalized spacial score (nSPS) is 11.1. The fourth-order valence-corrected chi connectivity index (χ4v) is 1.93. The molecule has 2 rings (SSSR count). The Labute approximate surface area is 126 Å². The van der Waals surface area contributed by atoms with E-state index in [0.717, 1.165) is 23.4 Å². The van der Waals surface area contributed by atoms with Crippen LogP contribution in [0.1, 0.15) is 11.1 Å². The van der Waals surface area contributed by atoms with Gasteiger partial charge < -0.3 is 10.6 Å². The molecule has 0 fully saturated rings. The van der Waals surface area contributed by atoms with Crippen molar-refractivity contribution in [2.24, 2.45) is 0 Å². The van der Waals surface area contributed by atoms with Crippen LogP contribution >= 0.6 is 0 Å². The van der Waals surface area contributed by atoms with Crippen molar-refractivity contribution in [1.29, 1.82) is 0 Å². The van der Waals surface area contributed by atoms with Gasteiger partial charge in [0.15, 0.2) is 0 Å². The van der Waals surface area contributed by atoms with E-state index in [-0.39, 0.29) is 12.2 Å². The van der Waals surface area contributed by atoms with Crippen LogP contribution in [0.5, 0.6) is 0 Å². The van der Waals surface area contributed by atoms with Crippen LogP contribution in [-0.4, -0.2) is 12.5 Å². The quantitative estimate of drug-likeness (QED) is 0.894. The van der Waals surface area contributed by atoms with Crippen molar-refractivity contribution in [2.75, 3.05) is 17.2 Å². The molecule has 0 radical (unpaired) electrons. The molecule has 0 saturated carbocycles. The predicted molar refractivity (Wildman–Crippen MR) is 79.7 cm³/mol. The molecule has 2 N–H and O–H groups in total. The Bertz CT molecular complexity index is 668. The molecule has 3 nitrogen and oxygen atoms in total. The van der Waals surface area contributed by atoms with Gasteiger partial charge in [-0.25, -0.2) is 0 Å². The van der Waals surface area contributed by atoms with E-state index in [2.05, 4.69) is 10.6 Å². The minimum Gasteiger partial charge on any atom is -0.376 e. The topological polar surface area (TPSA) is 41.1 Å². The van der Waals surface area contributed by atoms with Gasteiger partial charge in [0.25, 0.3) is 0 Å². The van der Waals surface area contributed by atoms with E-state index in [9.17, 15) is 18.0 Å². The molecule has 0 aromatic heterocycles. The number of anilines is 2. The van der Waals surface area contributed by atoms with Crippen LogP contribution in [0, 0.1) is 6.92 Å². The Kier molecular flexibility index (Phi) is 4.70. The van der Waals surface area contributed by atoms with Gasteiger partial charge in [0.05, 0.1) is 12.1 Å². The molecular weight excluding hydrogens is 293 g/mol. The number of halogens is 3. The lowest BCUT2D eigenvalue weighted by Gasteiger charge is -2.11. The number of hydrogen-bond donors (Lipinski definition) is 2. The van der Waals surface area contributed by atoms with Gasteiger partial charge in [-0.2, -0.15) is 13.2 Å². The van der Waals surface area contributed by atoms with Crippen molar-refractivity contribution in [3.8, 4) is 0 Å². The Balaban J connectivity index is 1.97. The number of carbonyl (C=O) groups excluding carboxylic acids is 1. The van der Waals surface area contributed by atoms with Gasteiger partial charge in [-0.15, -0.1) is 0 Å². The molecule has 22 heavy (non-hydrogen) atoms. The number of rotatable bonds is 4. The molecule has 0 spiro atoms. The molecule has 116 valence electrons. The van der Waals surface area contributed by atoms with E-state index in [1.54, 1.807) is 0 Å². The molecule has 1 amide bonds. The zero-order valence-corrected chi connectivity index (χ0v) is 11.9. The van der Waals surface area contributed by atoms with Gasteiger partial charge in [0, 0.05) is 11.4 Å². The summed E-state index contributed by atoms with van der Waals surface area (Å²) in [6.07, 6.45) is -4.43. The third kappa shape index (κ3) is 4.25. The maximum Gasteiger partial charge on any atom is 0.416 e. The second-order valence-electron chi connectivity index (χ2n) is 4.80. The largest absolute Gasteiger partial charge is 0.416 e. The van der Waals surface area contributed by atoms with Crippen molar-refractivity contribution < 1.29 is 18.0 Å². The van der Waals surface area contributed by atoms with Crippen molar-refractivity contribution >= 4 is 17.3 Å². The summed E-state index contributed by atoms with van der Waals surface area (Å²) < 4.78 is 37.8. The predicted octanol–water partition coefficient (Wildman–Crippen LogP) is 4.06. The number of aryl methyl sites for hydroxylation is 1. The lowest BCUT2D eigenvalue weighted by Crippen LogP contribution is -2.22.